The average Bonchev–Trinajstić information content (AvgIpc) is 2.70. The molecule has 0 spiro atoms. The molecule has 1 aromatic heterocycles. The van der Waals surface area contributed by atoms with Gasteiger partial charge in [0.25, 0.3) is 0 Å². The van der Waals surface area contributed by atoms with E-state index in [4.69, 9.17) is 5.26 Å². The highest BCUT2D eigenvalue weighted by Crippen LogP contribution is 2.35. The van der Waals surface area contributed by atoms with E-state index in [1.54, 1.807) is 12.1 Å². The van der Waals surface area contributed by atoms with Crippen LogP contribution in [-0.2, 0) is 0 Å². The lowest BCUT2D eigenvalue weighted by molar-refractivity contribution is 0.112. The topological polar surface area (TPSA) is 40.9 Å². The van der Waals surface area contributed by atoms with Crippen molar-refractivity contribution in [3.8, 4) is 17.2 Å². The molecule has 1 heterocycles. The number of halogens is 1. The molecule has 0 aliphatic carbocycles. The Bertz CT molecular complexity index is 566. The highest BCUT2D eigenvalue weighted by molar-refractivity contribution is 9.10. The van der Waals surface area contributed by atoms with Gasteiger partial charge < -0.3 is 0 Å². The summed E-state index contributed by atoms with van der Waals surface area (Å²) in [5, 5.41) is 10.6. The van der Waals surface area contributed by atoms with Gasteiger partial charge in [-0.25, -0.2) is 0 Å². The van der Waals surface area contributed by atoms with Crippen LogP contribution in [0.2, 0.25) is 0 Å². The largest absolute Gasteiger partial charge is 0.297 e. The molecule has 0 amide bonds. The summed E-state index contributed by atoms with van der Waals surface area (Å²) in [5.41, 5.74) is 2.61. The molecule has 0 N–H and O–H groups in total. The zero-order valence-corrected chi connectivity index (χ0v) is 10.5. The average molecular weight is 292 g/mol. The fraction of sp³-hybridized carbons (Fsp3) is 0. The van der Waals surface area contributed by atoms with Gasteiger partial charge in [-0.1, -0.05) is 12.1 Å². The summed E-state index contributed by atoms with van der Waals surface area (Å²) in [7, 11) is 0. The normalized spacial score (nSPS) is 9.75. The molecule has 0 saturated carbocycles. The minimum Gasteiger partial charge on any atom is -0.297 e. The standard InChI is InChI=1S/C12H6BrNOS/c13-12-10(7-16-11(12)6-15)9-3-1-8(5-14)2-4-9/h1-4,6-7H. The lowest BCUT2D eigenvalue weighted by Crippen LogP contribution is -1.79. The summed E-state index contributed by atoms with van der Waals surface area (Å²) in [6, 6.07) is 9.35. The first-order chi connectivity index (χ1) is 7.76. The van der Waals surface area contributed by atoms with E-state index < -0.39 is 0 Å². The van der Waals surface area contributed by atoms with Crippen LogP contribution in [0.5, 0.6) is 0 Å². The Kier molecular flexibility index (Phi) is 3.18. The lowest BCUT2D eigenvalue weighted by atomic mass is 10.1. The molecule has 78 valence electrons. The highest BCUT2D eigenvalue weighted by atomic mass is 79.9. The molecule has 0 unspecified atom stereocenters. The Balaban J connectivity index is 2.47. The summed E-state index contributed by atoms with van der Waals surface area (Å²) in [6.07, 6.45) is 0.835. The number of nitriles is 1. The Morgan fingerprint density at radius 3 is 2.50 bits per heavy atom. The van der Waals surface area contributed by atoms with Crippen LogP contribution in [0.25, 0.3) is 11.1 Å². The van der Waals surface area contributed by atoms with Crippen LogP contribution >= 0.6 is 27.3 Å². The van der Waals surface area contributed by atoms with E-state index in [0.29, 0.717) is 10.4 Å². The maximum Gasteiger partial charge on any atom is 0.161 e. The van der Waals surface area contributed by atoms with E-state index in [-0.39, 0.29) is 0 Å². The second-order valence-electron chi connectivity index (χ2n) is 3.13. The van der Waals surface area contributed by atoms with Gasteiger partial charge >= 0.3 is 0 Å². The molecule has 2 aromatic rings. The van der Waals surface area contributed by atoms with Gasteiger partial charge in [0, 0.05) is 15.4 Å². The molecule has 0 aliphatic heterocycles. The number of hydrogen-bond acceptors (Lipinski definition) is 3. The number of nitrogens with zero attached hydrogens (tertiary/aromatic N) is 1. The first-order valence-electron chi connectivity index (χ1n) is 4.49. The van der Waals surface area contributed by atoms with Gasteiger partial charge in [-0.3, -0.25) is 4.79 Å². The van der Waals surface area contributed by atoms with Crippen LogP contribution in [-0.4, -0.2) is 6.29 Å². The van der Waals surface area contributed by atoms with Gasteiger partial charge in [-0.05, 0) is 33.6 Å². The van der Waals surface area contributed by atoms with E-state index in [9.17, 15) is 4.79 Å². The van der Waals surface area contributed by atoms with Crippen LogP contribution in [0, 0.1) is 11.3 Å². The maximum absolute atomic E-state index is 10.7. The first kappa shape index (κ1) is 11.1. The second kappa shape index (κ2) is 4.60. The third-order valence-corrected chi connectivity index (χ3v) is 4.21. The summed E-state index contributed by atoms with van der Waals surface area (Å²) >= 11 is 4.80. The number of hydrogen-bond donors (Lipinski definition) is 0. The number of carbonyl (C=O) groups is 1. The minimum absolute atomic E-state index is 0.630. The van der Waals surface area contributed by atoms with Gasteiger partial charge in [0.1, 0.15) is 0 Å². The minimum atomic E-state index is 0.630. The van der Waals surface area contributed by atoms with Gasteiger partial charge in [0.05, 0.1) is 16.5 Å². The summed E-state index contributed by atoms with van der Waals surface area (Å²) in [6.45, 7) is 0. The van der Waals surface area contributed by atoms with Crippen LogP contribution in [0.15, 0.2) is 34.1 Å². The van der Waals surface area contributed by atoms with Crippen LogP contribution < -0.4 is 0 Å². The van der Waals surface area contributed by atoms with Gasteiger partial charge in [0.15, 0.2) is 6.29 Å². The molecular formula is C12H6BrNOS. The Morgan fingerprint density at radius 2 is 2.00 bits per heavy atom. The van der Waals surface area contributed by atoms with Gasteiger partial charge in [0.2, 0.25) is 0 Å². The van der Waals surface area contributed by atoms with Crippen molar-refractivity contribution in [1.82, 2.24) is 0 Å². The predicted octanol–water partition coefficient (Wildman–Crippen LogP) is 3.86. The second-order valence-corrected chi connectivity index (χ2v) is 4.84. The van der Waals surface area contributed by atoms with Gasteiger partial charge in [-0.15, -0.1) is 11.3 Å². The van der Waals surface area contributed by atoms with E-state index in [2.05, 4.69) is 22.0 Å². The molecule has 1 aromatic carbocycles. The molecule has 4 heteroatoms. The molecule has 0 bridgehead atoms. The summed E-state index contributed by atoms with van der Waals surface area (Å²) in [5.74, 6) is 0. The van der Waals surface area contributed by atoms with E-state index in [1.807, 2.05) is 17.5 Å². The van der Waals surface area contributed by atoms with Crippen molar-refractivity contribution in [1.29, 1.82) is 5.26 Å². The van der Waals surface area contributed by atoms with Gasteiger partial charge in [-0.2, -0.15) is 5.26 Å². The Hall–Kier alpha value is -1.44. The molecule has 0 saturated heterocycles. The monoisotopic (exact) mass is 291 g/mol. The number of aldehydes is 1. The van der Waals surface area contributed by atoms with Crippen molar-refractivity contribution in [3.63, 3.8) is 0 Å². The molecule has 0 radical (unpaired) electrons. The Morgan fingerprint density at radius 1 is 1.31 bits per heavy atom. The van der Waals surface area contributed by atoms with Crippen LogP contribution in [0.1, 0.15) is 15.2 Å². The zero-order valence-electron chi connectivity index (χ0n) is 8.11. The predicted molar refractivity (Wildman–Crippen MR) is 67.6 cm³/mol. The summed E-state index contributed by atoms with van der Waals surface area (Å²) < 4.78 is 0.817. The van der Waals surface area contributed by atoms with Crippen molar-refractivity contribution >= 4 is 33.6 Å². The Labute approximate surface area is 105 Å². The fourth-order valence-corrected chi connectivity index (χ4v) is 2.99. The zero-order chi connectivity index (χ0) is 11.5. The molecule has 16 heavy (non-hydrogen) atoms. The van der Waals surface area contributed by atoms with Crippen molar-refractivity contribution < 1.29 is 4.79 Å². The number of rotatable bonds is 2. The number of thiophene rings is 1. The van der Waals surface area contributed by atoms with E-state index in [1.165, 1.54) is 11.3 Å². The smallest absolute Gasteiger partial charge is 0.161 e. The van der Waals surface area contributed by atoms with Crippen molar-refractivity contribution in [2.75, 3.05) is 0 Å². The SMILES string of the molecule is N#Cc1ccc(-c2csc(C=O)c2Br)cc1. The molecule has 0 aliphatic rings. The molecule has 0 fully saturated rings. The molecule has 2 rings (SSSR count). The van der Waals surface area contributed by atoms with Crippen molar-refractivity contribution in [2.45, 2.75) is 0 Å². The van der Waals surface area contributed by atoms with E-state index in [0.717, 1.165) is 21.9 Å². The van der Waals surface area contributed by atoms with E-state index >= 15 is 0 Å². The maximum atomic E-state index is 10.7. The summed E-state index contributed by atoms with van der Waals surface area (Å²) in [4.78, 5) is 11.4. The number of carbonyl (C=O) groups excluding carboxylic acids is 1. The third-order valence-electron chi connectivity index (χ3n) is 2.19. The van der Waals surface area contributed by atoms with Crippen LogP contribution in [0.4, 0.5) is 0 Å². The molecule has 0 atom stereocenters. The first-order valence-corrected chi connectivity index (χ1v) is 6.16. The quantitative estimate of drug-likeness (QED) is 0.788. The highest BCUT2D eigenvalue weighted by Gasteiger charge is 2.09. The van der Waals surface area contributed by atoms with Crippen LogP contribution in [0.3, 0.4) is 0 Å². The lowest BCUT2D eigenvalue weighted by Gasteiger charge is -1.99. The fourth-order valence-electron chi connectivity index (χ4n) is 1.36. The third kappa shape index (κ3) is 1.92. The van der Waals surface area contributed by atoms with Crippen molar-refractivity contribution in [3.05, 3.63) is 44.6 Å². The van der Waals surface area contributed by atoms with Crippen molar-refractivity contribution in [2.24, 2.45) is 0 Å². The molecule has 2 nitrogen and oxygen atoms in total. The molecular weight excluding hydrogens is 286 g/mol. The number of benzene rings is 1.